The minimum atomic E-state index is -0.421. The number of carbonyl (C=O) groups excluding carboxylic acids is 2. The number of rotatable bonds is 4. The zero-order valence-electron chi connectivity index (χ0n) is 17.4. The Morgan fingerprint density at radius 1 is 1.33 bits per heavy atom. The molecule has 1 spiro atoms. The molecule has 0 atom stereocenters. The number of piperidine rings is 1. The van der Waals surface area contributed by atoms with E-state index in [-0.39, 0.29) is 11.8 Å². The normalized spacial score (nSPS) is 19.1. The van der Waals surface area contributed by atoms with Gasteiger partial charge in [0.15, 0.2) is 0 Å². The predicted octanol–water partition coefficient (Wildman–Crippen LogP) is 2.88. The molecule has 0 unspecified atom stereocenters. The molecule has 7 nitrogen and oxygen atoms in total. The molecular formula is C22H27N3O4S. The lowest BCUT2D eigenvalue weighted by Crippen LogP contribution is -2.53. The molecule has 8 heteroatoms. The van der Waals surface area contributed by atoms with Crippen molar-refractivity contribution >= 4 is 23.2 Å². The van der Waals surface area contributed by atoms with E-state index in [1.165, 1.54) is 11.3 Å². The number of amides is 2. The van der Waals surface area contributed by atoms with Crippen LogP contribution in [0.1, 0.15) is 40.2 Å². The van der Waals surface area contributed by atoms with Crippen LogP contribution in [-0.4, -0.2) is 65.6 Å². The maximum atomic E-state index is 12.9. The van der Waals surface area contributed by atoms with Crippen LogP contribution in [0.5, 0.6) is 5.75 Å². The van der Waals surface area contributed by atoms with Crippen LogP contribution < -0.4 is 4.74 Å². The lowest BCUT2D eigenvalue weighted by atomic mass is 9.90. The average molecular weight is 430 g/mol. The number of hydrogen-bond donors (Lipinski definition) is 0. The van der Waals surface area contributed by atoms with Gasteiger partial charge in [-0.1, -0.05) is 0 Å². The third kappa shape index (κ3) is 4.20. The largest absolute Gasteiger partial charge is 0.495 e. The van der Waals surface area contributed by atoms with Crippen molar-refractivity contribution in [1.82, 2.24) is 14.8 Å². The number of pyridine rings is 1. The van der Waals surface area contributed by atoms with E-state index in [0.29, 0.717) is 57.8 Å². The Morgan fingerprint density at radius 3 is 2.83 bits per heavy atom. The summed E-state index contributed by atoms with van der Waals surface area (Å²) in [4.78, 5) is 34.5. The lowest BCUT2D eigenvalue weighted by molar-refractivity contribution is -0.132. The van der Waals surface area contributed by atoms with Crippen molar-refractivity contribution in [3.63, 3.8) is 0 Å². The zero-order valence-corrected chi connectivity index (χ0v) is 18.2. The SMILES string of the molecule is COc1cccnc1CN1CC2(CCN(C(=O)c3sccc3C)CC2)OCCC1=O. The van der Waals surface area contributed by atoms with Crippen LogP contribution in [0.15, 0.2) is 29.8 Å². The summed E-state index contributed by atoms with van der Waals surface area (Å²) in [6.45, 7) is 4.54. The van der Waals surface area contributed by atoms with Gasteiger partial charge in [-0.15, -0.1) is 11.3 Å². The summed E-state index contributed by atoms with van der Waals surface area (Å²) in [5, 5.41) is 1.96. The molecule has 2 fully saturated rings. The Morgan fingerprint density at radius 2 is 2.13 bits per heavy atom. The number of nitrogens with zero attached hydrogens (tertiary/aromatic N) is 3. The van der Waals surface area contributed by atoms with E-state index in [9.17, 15) is 9.59 Å². The Balaban J connectivity index is 1.46. The molecule has 0 saturated carbocycles. The molecule has 0 aromatic carbocycles. The second kappa shape index (κ2) is 8.73. The van der Waals surface area contributed by atoms with Gasteiger partial charge in [0.25, 0.3) is 5.91 Å². The van der Waals surface area contributed by atoms with Gasteiger partial charge in [0.2, 0.25) is 5.91 Å². The first-order valence-corrected chi connectivity index (χ1v) is 11.1. The fourth-order valence-electron chi connectivity index (χ4n) is 4.20. The van der Waals surface area contributed by atoms with E-state index in [4.69, 9.17) is 9.47 Å². The van der Waals surface area contributed by atoms with Crippen LogP contribution in [0, 0.1) is 6.92 Å². The first kappa shape index (κ1) is 20.8. The molecular weight excluding hydrogens is 402 g/mol. The molecule has 30 heavy (non-hydrogen) atoms. The van der Waals surface area contributed by atoms with E-state index in [0.717, 1.165) is 16.1 Å². The van der Waals surface area contributed by atoms with Gasteiger partial charge < -0.3 is 19.3 Å². The molecule has 0 N–H and O–H groups in total. The Kier molecular flexibility index (Phi) is 6.06. The average Bonchev–Trinajstić information content (AvgIpc) is 3.13. The van der Waals surface area contributed by atoms with E-state index < -0.39 is 5.60 Å². The van der Waals surface area contributed by atoms with Crippen molar-refractivity contribution < 1.29 is 19.1 Å². The molecule has 2 aliphatic heterocycles. The summed E-state index contributed by atoms with van der Waals surface area (Å²) in [7, 11) is 1.61. The summed E-state index contributed by atoms with van der Waals surface area (Å²) < 4.78 is 11.6. The zero-order chi connectivity index (χ0) is 21.1. The summed E-state index contributed by atoms with van der Waals surface area (Å²) in [6.07, 6.45) is 3.50. The van der Waals surface area contributed by atoms with Gasteiger partial charge in [0.05, 0.1) is 43.7 Å². The van der Waals surface area contributed by atoms with Gasteiger partial charge in [-0.3, -0.25) is 14.6 Å². The molecule has 2 aromatic heterocycles. The highest BCUT2D eigenvalue weighted by Crippen LogP contribution is 2.32. The molecule has 2 aromatic rings. The van der Waals surface area contributed by atoms with E-state index in [1.54, 1.807) is 13.3 Å². The standard InChI is InChI=1S/C22H27N3O4S/c1-16-6-13-30-20(16)21(27)24-10-7-22(8-11-24)15-25(19(26)5-12-29-22)14-17-18(28-2)4-3-9-23-17/h3-4,6,9,13H,5,7-8,10-12,14-15H2,1-2H3. The van der Waals surface area contributed by atoms with Crippen LogP contribution >= 0.6 is 11.3 Å². The third-order valence-electron chi connectivity index (χ3n) is 5.98. The highest BCUT2D eigenvalue weighted by atomic mass is 32.1. The number of aromatic nitrogens is 1. The van der Waals surface area contributed by atoms with Crippen molar-refractivity contribution in [2.45, 2.75) is 38.3 Å². The van der Waals surface area contributed by atoms with Gasteiger partial charge in [0, 0.05) is 19.3 Å². The van der Waals surface area contributed by atoms with E-state index in [1.807, 2.05) is 40.3 Å². The molecule has 4 rings (SSSR count). The molecule has 2 amide bonds. The predicted molar refractivity (Wildman–Crippen MR) is 114 cm³/mol. The van der Waals surface area contributed by atoms with Crippen molar-refractivity contribution in [2.24, 2.45) is 0 Å². The first-order valence-electron chi connectivity index (χ1n) is 10.2. The highest BCUT2D eigenvalue weighted by molar-refractivity contribution is 7.12. The van der Waals surface area contributed by atoms with Gasteiger partial charge >= 0.3 is 0 Å². The first-order chi connectivity index (χ1) is 14.5. The number of aryl methyl sites for hydroxylation is 1. The molecule has 2 saturated heterocycles. The quantitative estimate of drug-likeness (QED) is 0.747. The van der Waals surface area contributed by atoms with Crippen molar-refractivity contribution in [3.8, 4) is 5.75 Å². The minimum absolute atomic E-state index is 0.0623. The van der Waals surface area contributed by atoms with Crippen LogP contribution in [0.4, 0.5) is 0 Å². The van der Waals surface area contributed by atoms with Crippen molar-refractivity contribution in [1.29, 1.82) is 0 Å². The number of thiophene rings is 1. The fourth-order valence-corrected chi connectivity index (χ4v) is 5.09. The van der Waals surface area contributed by atoms with Crippen LogP contribution in [0.2, 0.25) is 0 Å². The van der Waals surface area contributed by atoms with Crippen molar-refractivity contribution in [2.75, 3.05) is 33.4 Å². The Labute approximate surface area is 180 Å². The molecule has 0 bridgehead atoms. The lowest BCUT2D eigenvalue weighted by Gasteiger charge is -2.42. The van der Waals surface area contributed by atoms with Crippen molar-refractivity contribution in [3.05, 3.63) is 45.9 Å². The number of hydrogen-bond acceptors (Lipinski definition) is 6. The topological polar surface area (TPSA) is 72.0 Å². The fraction of sp³-hybridized carbons (Fsp3) is 0.500. The maximum Gasteiger partial charge on any atom is 0.264 e. The maximum absolute atomic E-state index is 12.9. The summed E-state index contributed by atoms with van der Waals surface area (Å²) in [6, 6.07) is 5.65. The van der Waals surface area contributed by atoms with Gasteiger partial charge in [-0.2, -0.15) is 0 Å². The molecule has 160 valence electrons. The molecule has 0 radical (unpaired) electrons. The Hall–Kier alpha value is -2.45. The minimum Gasteiger partial charge on any atom is -0.495 e. The Bertz CT molecular complexity index is 921. The van der Waals surface area contributed by atoms with Gasteiger partial charge in [0.1, 0.15) is 11.4 Å². The van der Waals surface area contributed by atoms with Crippen LogP contribution in [0.3, 0.4) is 0 Å². The van der Waals surface area contributed by atoms with Crippen LogP contribution in [0.25, 0.3) is 0 Å². The summed E-state index contributed by atoms with van der Waals surface area (Å²) >= 11 is 1.49. The van der Waals surface area contributed by atoms with E-state index in [2.05, 4.69) is 4.98 Å². The van der Waals surface area contributed by atoms with Crippen LogP contribution in [-0.2, 0) is 16.1 Å². The monoisotopic (exact) mass is 429 g/mol. The van der Waals surface area contributed by atoms with E-state index >= 15 is 0 Å². The number of ether oxygens (including phenoxy) is 2. The number of likely N-dealkylation sites (tertiary alicyclic amines) is 1. The summed E-state index contributed by atoms with van der Waals surface area (Å²) in [5.74, 6) is 0.834. The highest BCUT2D eigenvalue weighted by Gasteiger charge is 2.41. The smallest absolute Gasteiger partial charge is 0.264 e. The second-order valence-corrected chi connectivity index (χ2v) is 8.82. The summed E-state index contributed by atoms with van der Waals surface area (Å²) in [5.41, 5.74) is 1.35. The number of methoxy groups -OCH3 is 1. The molecule has 0 aliphatic carbocycles. The number of carbonyl (C=O) groups is 2. The molecule has 4 heterocycles. The molecule has 2 aliphatic rings. The second-order valence-electron chi connectivity index (χ2n) is 7.91. The van der Waals surface area contributed by atoms with Gasteiger partial charge in [-0.25, -0.2) is 0 Å². The van der Waals surface area contributed by atoms with Gasteiger partial charge in [-0.05, 0) is 48.9 Å². The third-order valence-corrected chi connectivity index (χ3v) is 6.99.